The number of rotatable bonds is 8. The van der Waals surface area contributed by atoms with Crippen LogP contribution in [0.5, 0.6) is 0 Å². The number of non-ortho nitro benzene ring substituents is 1. The van der Waals surface area contributed by atoms with Gasteiger partial charge in [-0.05, 0) is 31.4 Å². The lowest BCUT2D eigenvalue weighted by molar-refractivity contribution is -0.384. The van der Waals surface area contributed by atoms with E-state index in [1.807, 2.05) is 25.1 Å². The molecule has 2 aromatic carbocycles. The Bertz CT molecular complexity index is 1300. The molecule has 9 nitrogen and oxygen atoms in total. The van der Waals surface area contributed by atoms with Crippen LogP contribution in [0, 0.1) is 10.1 Å². The number of methoxy groups -OCH3 is 1. The van der Waals surface area contributed by atoms with Crippen LogP contribution in [0.2, 0.25) is 0 Å². The van der Waals surface area contributed by atoms with E-state index in [0.29, 0.717) is 36.3 Å². The molecule has 200 valence electrons. The van der Waals surface area contributed by atoms with Crippen molar-refractivity contribution in [2.24, 2.45) is 0 Å². The monoisotopic (exact) mass is 519 g/mol. The molecule has 2 aromatic rings. The number of carbonyl (C=O) groups excluding carboxylic acids is 2. The number of nitrogens with one attached hydrogen (secondary N) is 1. The van der Waals surface area contributed by atoms with Crippen LogP contribution >= 0.6 is 0 Å². The minimum absolute atomic E-state index is 0.134. The third-order valence-corrected chi connectivity index (χ3v) is 7.40. The number of hydrogen-bond donors (Lipinski definition) is 1. The number of likely N-dealkylation sites (tertiary alicyclic amines) is 1. The van der Waals surface area contributed by atoms with Crippen molar-refractivity contribution < 1.29 is 24.0 Å². The predicted molar refractivity (Wildman–Crippen MR) is 142 cm³/mol. The second kappa shape index (κ2) is 11.2. The van der Waals surface area contributed by atoms with Crippen LogP contribution in [-0.4, -0.2) is 47.6 Å². The lowest BCUT2D eigenvalue weighted by atomic mass is 9.80. The number of nitrogens with zero attached hydrogens (tertiary/aromatic N) is 2. The van der Waals surface area contributed by atoms with Gasteiger partial charge in [0.1, 0.15) is 5.60 Å². The SMILES string of the molecule is CCC1(OC(=O)C2=C(C)NC(C)=C(C(=O)OC)C2c2cccc([N+](=O)[O-])c2)CCN(Cc2ccccc2)C1. The molecule has 0 spiro atoms. The van der Waals surface area contributed by atoms with Crippen LogP contribution in [0.1, 0.15) is 50.7 Å². The molecule has 2 aliphatic heterocycles. The Morgan fingerprint density at radius 3 is 2.39 bits per heavy atom. The highest BCUT2D eigenvalue weighted by atomic mass is 16.6. The van der Waals surface area contributed by atoms with Gasteiger partial charge in [-0.15, -0.1) is 0 Å². The normalized spacial score (nSPS) is 21.7. The molecule has 2 unspecified atom stereocenters. The average molecular weight is 520 g/mol. The number of hydrogen-bond acceptors (Lipinski definition) is 8. The van der Waals surface area contributed by atoms with E-state index >= 15 is 0 Å². The van der Waals surface area contributed by atoms with Crippen LogP contribution in [0.15, 0.2) is 77.1 Å². The molecule has 1 N–H and O–H groups in total. The molecule has 9 heteroatoms. The third kappa shape index (κ3) is 5.47. The number of carbonyl (C=O) groups is 2. The van der Waals surface area contributed by atoms with Gasteiger partial charge in [0.2, 0.25) is 0 Å². The second-order valence-electron chi connectivity index (χ2n) is 9.85. The number of ether oxygens (including phenoxy) is 2. The van der Waals surface area contributed by atoms with E-state index in [9.17, 15) is 19.7 Å². The van der Waals surface area contributed by atoms with Gasteiger partial charge in [-0.25, -0.2) is 9.59 Å². The predicted octanol–water partition coefficient (Wildman–Crippen LogP) is 4.60. The number of esters is 2. The fraction of sp³-hybridized carbons (Fsp3) is 0.379. The molecule has 0 saturated carbocycles. The Labute approximate surface area is 222 Å². The van der Waals surface area contributed by atoms with Crippen molar-refractivity contribution in [3.63, 3.8) is 0 Å². The fourth-order valence-electron chi connectivity index (χ4n) is 5.40. The summed E-state index contributed by atoms with van der Waals surface area (Å²) in [5.74, 6) is -2.06. The van der Waals surface area contributed by atoms with E-state index in [0.717, 1.165) is 13.1 Å². The quantitative estimate of drug-likeness (QED) is 0.306. The van der Waals surface area contributed by atoms with Crippen LogP contribution in [0.4, 0.5) is 5.69 Å². The molecule has 2 heterocycles. The van der Waals surface area contributed by atoms with Crippen LogP contribution < -0.4 is 5.32 Å². The Balaban J connectivity index is 1.67. The van der Waals surface area contributed by atoms with Crippen molar-refractivity contribution in [2.75, 3.05) is 20.2 Å². The van der Waals surface area contributed by atoms with Crippen LogP contribution in [0.25, 0.3) is 0 Å². The molecule has 1 fully saturated rings. The summed E-state index contributed by atoms with van der Waals surface area (Å²) in [5, 5.41) is 14.6. The summed E-state index contributed by atoms with van der Waals surface area (Å²) in [4.78, 5) is 40.1. The second-order valence-corrected chi connectivity index (χ2v) is 9.85. The first-order valence-electron chi connectivity index (χ1n) is 12.7. The standard InChI is InChI=1S/C29H33N3O6/c1-5-29(14-15-31(18-29)17-21-10-7-6-8-11-21)38-28(34)25-20(3)30-19(2)24(27(33)37-4)26(25)22-12-9-13-23(16-22)32(35)36/h6-13,16,26,30H,5,14-15,17-18H2,1-4H3. The summed E-state index contributed by atoms with van der Waals surface area (Å²) in [7, 11) is 1.27. The molecule has 38 heavy (non-hydrogen) atoms. The molecule has 0 bridgehead atoms. The van der Waals surface area contributed by atoms with E-state index in [1.54, 1.807) is 26.0 Å². The van der Waals surface area contributed by atoms with Gasteiger partial charge in [0.25, 0.3) is 5.69 Å². The number of nitro groups is 1. The maximum atomic E-state index is 13.9. The van der Waals surface area contributed by atoms with E-state index in [2.05, 4.69) is 22.3 Å². The molecule has 0 aliphatic carbocycles. The summed E-state index contributed by atoms with van der Waals surface area (Å²) in [6, 6.07) is 16.1. The van der Waals surface area contributed by atoms with Crippen molar-refractivity contribution in [3.05, 3.63) is 98.4 Å². The molecule has 1 saturated heterocycles. The van der Waals surface area contributed by atoms with Crippen molar-refractivity contribution in [2.45, 2.75) is 51.7 Å². The molecule has 2 aliphatic rings. The highest BCUT2D eigenvalue weighted by Crippen LogP contribution is 2.41. The highest BCUT2D eigenvalue weighted by molar-refractivity contribution is 6.00. The van der Waals surface area contributed by atoms with Gasteiger partial charge >= 0.3 is 11.9 Å². The van der Waals surface area contributed by atoms with Gasteiger partial charge < -0.3 is 14.8 Å². The van der Waals surface area contributed by atoms with Crippen molar-refractivity contribution in [1.82, 2.24) is 10.2 Å². The number of allylic oxidation sites excluding steroid dienone is 2. The number of dihydropyridines is 1. The minimum Gasteiger partial charge on any atom is -0.466 e. The molecular formula is C29H33N3O6. The van der Waals surface area contributed by atoms with E-state index in [-0.39, 0.29) is 16.8 Å². The molecular weight excluding hydrogens is 486 g/mol. The van der Waals surface area contributed by atoms with Crippen molar-refractivity contribution in [3.8, 4) is 0 Å². The smallest absolute Gasteiger partial charge is 0.337 e. The first-order chi connectivity index (χ1) is 18.2. The topological polar surface area (TPSA) is 111 Å². The van der Waals surface area contributed by atoms with Gasteiger partial charge in [-0.1, -0.05) is 49.4 Å². The van der Waals surface area contributed by atoms with Crippen molar-refractivity contribution in [1.29, 1.82) is 0 Å². The largest absolute Gasteiger partial charge is 0.466 e. The first-order valence-corrected chi connectivity index (χ1v) is 12.7. The van der Waals surface area contributed by atoms with Gasteiger partial charge in [-0.2, -0.15) is 0 Å². The van der Waals surface area contributed by atoms with Gasteiger partial charge in [0.05, 0.1) is 29.1 Å². The fourth-order valence-corrected chi connectivity index (χ4v) is 5.40. The Hall–Kier alpha value is -3.98. The summed E-state index contributed by atoms with van der Waals surface area (Å²) in [6.45, 7) is 7.59. The molecule has 2 atom stereocenters. The number of nitro benzene ring substituents is 1. The summed E-state index contributed by atoms with van der Waals surface area (Å²) in [5.41, 5.74) is 2.31. The molecule has 0 aromatic heterocycles. The zero-order chi connectivity index (χ0) is 27.4. The third-order valence-electron chi connectivity index (χ3n) is 7.40. The number of benzene rings is 2. The summed E-state index contributed by atoms with van der Waals surface area (Å²) < 4.78 is 11.3. The Morgan fingerprint density at radius 1 is 1.08 bits per heavy atom. The maximum absolute atomic E-state index is 13.9. The highest BCUT2D eigenvalue weighted by Gasteiger charge is 2.44. The van der Waals surface area contributed by atoms with Crippen LogP contribution in [-0.2, 0) is 25.6 Å². The maximum Gasteiger partial charge on any atom is 0.337 e. The average Bonchev–Trinajstić information content (AvgIpc) is 3.30. The minimum atomic E-state index is -0.883. The lowest BCUT2D eigenvalue weighted by Crippen LogP contribution is -2.40. The van der Waals surface area contributed by atoms with Gasteiger partial charge in [0.15, 0.2) is 0 Å². The first kappa shape index (κ1) is 27.1. The Morgan fingerprint density at radius 2 is 1.76 bits per heavy atom. The molecule has 0 amide bonds. The van der Waals surface area contributed by atoms with E-state index < -0.39 is 28.4 Å². The Kier molecular flexibility index (Phi) is 7.97. The molecule has 0 radical (unpaired) electrons. The van der Waals surface area contributed by atoms with Gasteiger partial charge in [0, 0.05) is 49.6 Å². The van der Waals surface area contributed by atoms with E-state index in [1.165, 1.54) is 24.8 Å². The summed E-state index contributed by atoms with van der Waals surface area (Å²) >= 11 is 0. The lowest BCUT2D eigenvalue weighted by Gasteiger charge is -2.34. The van der Waals surface area contributed by atoms with Crippen molar-refractivity contribution >= 4 is 17.6 Å². The van der Waals surface area contributed by atoms with Crippen LogP contribution in [0.3, 0.4) is 0 Å². The van der Waals surface area contributed by atoms with E-state index in [4.69, 9.17) is 9.47 Å². The molecule has 4 rings (SSSR count). The zero-order valence-corrected chi connectivity index (χ0v) is 22.2. The van der Waals surface area contributed by atoms with Gasteiger partial charge in [-0.3, -0.25) is 15.0 Å². The summed E-state index contributed by atoms with van der Waals surface area (Å²) in [6.07, 6.45) is 1.31. The zero-order valence-electron chi connectivity index (χ0n) is 22.2.